The Balaban J connectivity index is 1.52. The van der Waals surface area contributed by atoms with Crippen LogP contribution in [0.3, 0.4) is 0 Å². The van der Waals surface area contributed by atoms with Gasteiger partial charge in [-0.25, -0.2) is 4.79 Å². The molecule has 2 heterocycles. The molecule has 0 saturated carbocycles. The summed E-state index contributed by atoms with van der Waals surface area (Å²) in [5.41, 5.74) is 0.925. The number of amides is 1. The van der Waals surface area contributed by atoms with Crippen LogP contribution >= 0.6 is 0 Å². The number of pyridine rings is 1. The van der Waals surface area contributed by atoms with E-state index in [-0.39, 0.29) is 5.91 Å². The summed E-state index contributed by atoms with van der Waals surface area (Å²) < 4.78 is 11.2. The Hall–Kier alpha value is -3.67. The highest BCUT2D eigenvalue weighted by molar-refractivity contribution is 6.04. The number of ether oxygens (including phenoxy) is 1. The molecule has 6 nitrogen and oxygen atoms in total. The second-order valence-electron chi connectivity index (χ2n) is 6.43. The molecule has 0 aliphatic rings. The molecule has 0 aliphatic carbocycles. The highest BCUT2D eigenvalue weighted by Gasteiger charge is 2.15. The van der Waals surface area contributed by atoms with Crippen LogP contribution in [0.4, 0.5) is 0 Å². The van der Waals surface area contributed by atoms with Crippen LogP contribution in [-0.2, 0) is 11.3 Å². The Bertz CT molecular complexity index is 1200. The fourth-order valence-electron chi connectivity index (χ4n) is 3.03. The van der Waals surface area contributed by atoms with E-state index in [1.807, 2.05) is 30.3 Å². The Morgan fingerprint density at radius 2 is 1.93 bits per heavy atom. The minimum Gasteiger partial charge on any atom is -0.481 e. The van der Waals surface area contributed by atoms with Crippen LogP contribution in [-0.4, -0.2) is 17.0 Å². The van der Waals surface area contributed by atoms with Crippen molar-refractivity contribution < 1.29 is 13.9 Å². The molecular formula is C22H18N2O4. The summed E-state index contributed by atoms with van der Waals surface area (Å²) in [6, 6.07) is 16.2. The van der Waals surface area contributed by atoms with Gasteiger partial charge in [-0.05, 0) is 42.1 Å². The van der Waals surface area contributed by atoms with Gasteiger partial charge in [0.1, 0.15) is 11.3 Å². The SMILES string of the molecule is C[C@H](Oc1ccc2c(c1)oc(=O)c1ccccc12)C(=O)NCc1cccnc1. The van der Waals surface area contributed by atoms with Crippen molar-refractivity contribution in [3.63, 3.8) is 0 Å². The largest absolute Gasteiger partial charge is 0.481 e. The number of hydrogen-bond acceptors (Lipinski definition) is 5. The van der Waals surface area contributed by atoms with E-state index >= 15 is 0 Å². The normalized spacial score (nSPS) is 12.0. The Morgan fingerprint density at radius 1 is 1.11 bits per heavy atom. The predicted octanol–water partition coefficient (Wildman–Crippen LogP) is 3.42. The summed E-state index contributed by atoms with van der Waals surface area (Å²) >= 11 is 0. The molecule has 4 aromatic rings. The van der Waals surface area contributed by atoms with Gasteiger partial charge in [-0.2, -0.15) is 0 Å². The summed E-state index contributed by atoms with van der Waals surface area (Å²) in [5, 5.41) is 4.98. The molecule has 28 heavy (non-hydrogen) atoms. The van der Waals surface area contributed by atoms with Crippen LogP contribution in [0.1, 0.15) is 12.5 Å². The number of carbonyl (C=O) groups excluding carboxylic acids is 1. The number of nitrogens with zero attached hydrogens (tertiary/aromatic N) is 1. The maximum absolute atomic E-state index is 12.3. The Morgan fingerprint density at radius 3 is 2.71 bits per heavy atom. The molecule has 0 bridgehead atoms. The van der Waals surface area contributed by atoms with Crippen molar-refractivity contribution in [1.29, 1.82) is 0 Å². The average Bonchev–Trinajstić information content (AvgIpc) is 2.73. The van der Waals surface area contributed by atoms with Crippen molar-refractivity contribution in [2.45, 2.75) is 19.6 Å². The monoisotopic (exact) mass is 374 g/mol. The first-order valence-electron chi connectivity index (χ1n) is 8.91. The van der Waals surface area contributed by atoms with E-state index in [2.05, 4.69) is 10.3 Å². The fraction of sp³-hybridized carbons (Fsp3) is 0.136. The predicted molar refractivity (Wildman–Crippen MR) is 106 cm³/mol. The number of fused-ring (bicyclic) bond motifs is 3. The molecule has 6 heteroatoms. The first kappa shape index (κ1) is 17.7. The summed E-state index contributed by atoms with van der Waals surface area (Å²) in [6.07, 6.45) is 2.67. The molecule has 0 unspecified atom stereocenters. The molecule has 0 aliphatic heterocycles. The van der Waals surface area contributed by atoms with Crippen molar-refractivity contribution in [2.24, 2.45) is 0 Å². The third kappa shape index (κ3) is 3.57. The topological polar surface area (TPSA) is 81.4 Å². The van der Waals surface area contributed by atoms with Crippen LogP contribution in [0, 0.1) is 0 Å². The van der Waals surface area contributed by atoms with Gasteiger partial charge in [0.05, 0.1) is 5.39 Å². The standard InChI is InChI=1S/C22H18N2O4/c1-14(21(25)24-13-15-5-4-10-23-12-15)27-16-8-9-18-17-6-2-3-7-19(17)22(26)28-20(18)11-16/h2-12,14H,13H2,1H3,(H,24,25)/t14-/m0/s1. The van der Waals surface area contributed by atoms with Gasteiger partial charge in [0.2, 0.25) is 0 Å². The number of nitrogens with one attached hydrogen (secondary N) is 1. The molecular weight excluding hydrogens is 356 g/mol. The van der Waals surface area contributed by atoms with Crippen LogP contribution in [0.15, 0.2) is 76.2 Å². The molecule has 0 fully saturated rings. The summed E-state index contributed by atoms with van der Waals surface area (Å²) in [7, 11) is 0. The summed E-state index contributed by atoms with van der Waals surface area (Å²) in [5.74, 6) is 0.207. The quantitative estimate of drug-likeness (QED) is 0.428. The van der Waals surface area contributed by atoms with Crippen molar-refractivity contribution in [3.8, 4) is 5.75 Å². The summed E-state index contributed by atoms with van der Waals surface area (Å²) in [4.78, 5) is 28.5. The van der Waals surface area contributed by atoms with E-state index in [9.17, 15) is 9.59 Å². The molecule has 2 aromatic heterocycles. The fourth-order valence-corrected chi connectivity index (χ4v) is 3.03. The molecule has 0 radical (unpaired) electrons. The zero-order valence-corrected chi connectivity index (χ0v) is 15.2. The highest BCUT2D eigenvalue weighted by atomic mass is 16.5. The molecule has 4 rings (SSSR count). The smallest absolute Gasteiger partial charge is 0.344 e. The van der Waals surface area contributed by atoms with Gasteiger partial charge in [0, 0.05) is 30.4 Å². The van der Waals surface area contributed by atoms with Crippen molar-refractivity contribution in [2.75, 3.05) is 0 Å². The van der Waals surface area contributed by atoms with E-state index in [4.69, 9.17) is 9.15 Å². The third-order valence-electron chi connectivity index (χ3n) is 4.46. The van der Waals surface area contributed by atoms with Gasteiger partial charge in [-0.1, -0.05) is 24.3 Å². The van der Waals surface area contributed by atoms with Gasteiger partial charge in [0.15, 0.2) is 6.10 Å². The Kier molecular flexibility index (Phi) is 4.76. The average molecular weight is 374 g/mol. The second-order valence-corrected chi connectivity index (χ2v) is 6.43. The molecule has 1 N–H and O–H groups in total. The van der Waals surface area contributed by atoms with E-state index in [0.29, 0.717) is 23.3 Å². The molecule has 140 valence electrons. The number of hydrogen-bond donors (Lipinski definition) is 1. The van der Waals surface area contributed by atoms with Gasteiger partial charge >= 0.3 is 5.63 Å². The first-order valence-corrected chi connectivity index (χ1v) is 8.91. The van der Waals surface area contributed by atoms with Crippen molar-refractivity contribution >= 4 is 27.6 Å². The van der Waals surface area contributed by atoms with Crippen LogP contribution in [0.5, 0.6) is 5.75 Å². The molecule has 0 spiro atoms. The maximum Gasteiger partial charge on any atom is 0.344 e. The van der Waals surface area contributed by atoms with Gasteiger partial charge < -0.3 is 14.5 Å². The molecule has 0 saturated heterocycles. The first-order chi connectivity index (χ1) is 13.6. The van der Waals surface area contributed by atoms with Crippen molar-refractivity contribution in [1.82, 2.24) is 10.3 Å². The zero-order chi connectivity index (χ0) is 19.5. The number of aromatic nitrogens is 1. The minimum atomic E-state index is -0.707. The highest BCUT2D eigenvalue weighted by Crippen LogP contribution is 2.26. The lowest BCUT2D eigenvalue weighted by molar-refractivity contribution is -0.127. The lowest BCUT2D eigenvalue weighted by atomic mass is 10.1. The van der Waals surface area contributed by atoms with Crippen LogP contribution in [0.2, 0.25) is 0 Å². The van der Waals surface area contributed by atoms with Gasteiger partial charge in [0.25, 0.3) is 5.91 Å². The Labute approximate surface area is 160 Å². The molecule has 1 atom stereocenters. The number of benzene rings is 2. The van der Waals surface area contributed by atoms with Crippen molar-refractivity contribution in [3.05, 3.63) is 83.0 Å². The third-order valence-corrected chi connectivity index (χ3v) is 4.46. The second kappa shape index (κ2) is 7.52. The van der Waals surface area contributed by atoms with Crippen LogP contribution < -0.4 is 15.7 Å². The lowest BCUT2D eigenvalue weighted by Crippen LogP contribution is -2.35. The van der Waals surface area contributed by atoms with Crippen LogP contribution in [0.25, 0.3) is 21.7 Å². The number of rotatable bonds is 5. The molecule has 1 amide bonds. The molecule has 2 aromatic carbocycles. The lowest BCUT2D eigenvalue weighted by Gasteiger charge is -2.15. The maximum atomic E-state index is 12.3. The summed E-state index contributed by atoms with van der Waals surface area (Å²) in [6.45, 7) is 2.04. The van der Waals surface area contributed by atoms with Gasteiger partial charge in [-0.3, -0.25) is 9.78 Å². The van der Waals surface area contributed by atoms with E-state index in [1.165, 1.54) is 0 Å². The minimum absolute atomic E-state index is 0.246. The van der Waals surface area contributed by atoms with E-state index in [1.54, 1.807) is 43.6 Å². The number of carbonyl (C=O) groups is 1. The van der Waals surface area contributed by atoms with Gasteiger partial charge in [-0.15, -0.1) is 0 Å². The van der Waals surface area contributed by atoms with E-state index in [0.717, 1.165) is 16.3 Å². The van der Waals surface area contributed by atoms with E-state index < -0.39 is 11.7 Å². The zero-order valence-electron chi connectivity index (χ0n) is 15.2.